The van der Waals surface area contributed by atoms with Crippen LogP contribution in [0.25, 0.3) is 0 Å². The van der Waals surface area contributed by atoms with E-state index >= 15 is 0 Å². The van der Waals surface area contributed by atoms with Crippen LogP contribution in [0.15, 0.2) is 12.1 Å². The molecule has 18 heavy (non-hydrogen) atoms. The first kappa shape index (κ1) is 14.5. The average molecular weight is 312 g/mol. The number of nitrogens with zero attached hydrogens (tertiary/aromatic N) is 1. The Morgan fingerprint density at radius 1 is 1.50 bits per heavy atom. The molecule has 4 nitrogen and oxygen atoms in total. The predicted octanol–water partition coefficient (Wildman–Crippen LogP) is 2.57. The van der Waals surface area contributed by atoms with Crippen LogP contribution < -0.4 is 4.74 Å². The maximum absolute atomic E-state index is 11.5. The standard InChI is InChI=1S/C13H14BrNO3/c1-3-18-13(16)6-10-4-9(7-14)5-12(17-2)11(10)8-15/h4-5H,3,6-7H2,1-2H3. The second-order valence-corrected chi connectivity index (χ2v) is 4.12. The van der Waals surface area contributed by atoms with Crippen molar-refractivity contribution < 1.29 is 14.3 Å². The van der Waals surface area contributed by atoms with E-state index in [1.165, 1.54) is 7.11 Å². The molecule has 0 N–H and O–H groups in total. The molecule has 0 fully saturated rings. The van der Waals surface area contributed by atoms with Crippen LogP contribution in [0.3, 0.4) is 0 Å². The van der Waals surface area contributed by atoms with Crippen molar-refractivity contribution in [3.05, 3.63) is 28.8 Å². The summed E-state index contributed by atoms with van der Waals surface area (Å²) in [4.78, 5) is 11.5. The molecule has 0 aliphatic carbocycles. The number of benzene rings is 1. The van der Waals surface area contributed by atoms with Crippen molar-refractivity contribution >= 4 is 21.9 Å². The fraction of sp³-hybridized carbons (Fsp3) is 0.385. The molecule has 1 rings (SSSR count). The zero-order chi connectivity index (χ0) is 13.5. The minimum absolute atomic E-state index is 0.0773. The summed E-state index contributed by atoms with van der Waals surface area (Å²) in [7, 11) is 1.50. The molecule has 0 radical (unpaired) electrons. The van der Waals surface area contributed by atoms with E-state index in [1.807, 2.05) is 6.07 Å². The van der Waals surface area contributed by atoms with Crippen LogP contribution >= 0.6 is 15.9 Å². The van der Waals surface area contributed by atoms with Gasteiger partial charge in [-0.1, -0.05) is 22.0 Å². The third-order valence-corrected chi connectivity index (χ3v) is 3.02. The van der Waals surface area contributed by atoms with Gasteiger partial charge in [-0.2, -0.15) is 5.26 Å². The highest BCUT2D eigenvalue weighted by atomic mass is 79.9. The Labute approximate surface area is 115 Å². The van der Waals surface area contributed by atoms with E-state index in [1.54, 1.807) is 13.0 Å². The lowest BCUT2D eigenvalue weighted by molar-refractivity contribution is -0.142. The van der Waals surface area contributed by atoms with Gasteiger partial charge in [-0.15, -0.1) is 0 Å². The van der Waals surface area contributed by atoms with Crippen molar-refractivity contribution in [1.29, 1.82) is 5.26 Å². The number of nitriles is 1. The smallest absolute Gasteiger partial charge is 0.310 e. The van der Waals surface area contributed by atoms with Crippen LogP contribution in [-0.4, -0.2) is 19.7 Å². The molecule has 0 atom stereocenters. The van der Waals surface area contributed by atoms with Crippen LogP contribution in [0.1, 0.15) is 23.6 Å². The van der Waals surface area contributed by atoms with Gasteiger partial charge in [0.1, 0.15) is 11.8 Å². The zero-order valence-corrected chi connectivity index (χ0v) is 11.9. The molecular weight excluding hydrogens is 298 g/mol. The molecule has 0 saturated heterocycles. The molecule has 0 saturated carbocycles. The molecular formula is C13H14BrNO3. The van der Waals surface area contributed by atoms with Crippen LogP contribution in [-0.2, 0) is 21.3 Å². The fourth-order valence-corrected chi connectivity index (χ4v) is 1.93. The number of esters is 1. The number of ether oxygens (including phenoxy) is 2. The Kier molecular flexibility index (Phi) is 5.66. The summed E-state index contributed by atoms with van der Waals surface area (Å²) in [5.41, 5.74) is 1.96. The van der Waals surface area contributed by atoms with Gasteiger partial charge in [-0.25, -0.2) is 0 Å². The minimum atomic E-state index is -0.345. The first-order valence-corrected chi connectivity index (χ1v) is 6.59. The molecule has 96 valence electrons. The number of alkyl halides is 1. The Balaban J connectivity index is 3.15. The molecule has 5 heteroatoms. The molecule has 0 aliphatic heterocycles. The quantitative estimate of drug-likeness (QED) is 0.619. The van der Waals surface area contributed by atoms with Crippen molar-refractivity contribution in [1.82, 2.24) is 0 Å². The van der Waals surface area contributed by atoms with Crippen LogP contribution in [0.5, 0.6) is 5.75 Å². The van der Waals surface area contributed by atoms with Crippen molar-refractivity contribution in [3.63, 3.8) is 0 Å². The lowest BCUT2D eigenvalue weighted by atomic mass is 10.0. The highest BCUT2D eigenvalue weighted by Crippen LogP contribution is 2.26. The van der Waals surface area contributed by atoms with Gasteiger partial charge in [0, 0.05) is 5.33 Å². The third kappa shape index (κ3) is 3.47. The van der Waals surface area contributed by atoms with Gasteiger partial charge >= 0.3 is 5.97 Å². The largest absolute Gasteiger partial charge is 0.495 e. The van der Waals surface area contributed by atoms with E-state index in [-0.39, 0.29) is 12.4 Å². The predicted molar refractivity (Wildman–Crippen MR) is 70.7 cm³/mol. The number of hydrogen-bond acceptors (Lipinski definition) is 4. The number of carbonyl (C=O) groups is 1. The highest BCUT2D eigenvalue weighted by molar-refractivity contribution is 9.08. The van der Waals surface area contributed by atoms with Gasteiger partial charge in [0.25, 0.3) is 0 Å². The average Bonchev–Trinajstić information content (AvgIpc) is 2.37. The molecule has 0 aromatic heterocycles. The van der Waals surface area contributed by atoms with Gasteiger partial charge in [0.15, 0.2) is 0 Å². The monoisotopic (exact) mass is 311 g/mol. The summed E-state index contributed by atoms with van der Waals surface area (Å²) in [5, 5.41) is 9.77. The topological polar surface area (TPSA) is 59.3 Å². The molecule has 0 unspecified atom stereocenters. The molecule has 1 aromatic carbocycles. The van der Waals surface area contributed by atoms with Gasteiger partial charge in [-0.05, 0) is 24.1 Å². The zero-order valence-electron chi connectivity index (χ0n) is 10.3. The number of hydrogen-bond donors (Lipinski definition) is 0. The van der Waals surface area contributed by atoms with Crippen LogP contribution in [0.2, 0.25) is 0 Å². The Bertz CT molecular complexity index is 480. The van der Waals surface area contributed by atoms with Gasteiger partial charge in [-0.3, -0.25) is 4.79 Å². The number of methoxy groups -OCH3 is 1. The fourth-order valence-electron chi connectivity index (χ4n) is 1.61. The maximum Gasteiger partial charge on any atom is 0.310 e. The molecule has 0 aliphatic rings. The second kappa shape index (κ2) is 7.02. The van der Waals surface area contributed by atoms with Crippen molar-refractivity contribution in [2.24, 2.45) is 0 Å². The number of halogens is 1. The van der Waals surface area contributed by atoms with E-state index in [2.05, 4.69) is 22.0 Å². The highest BCUT2D eigenvalue weighted by Gasteiger charge is 2.14. The Morgan fingerprint density at radius 3 is 2.72 bits per heavy atom. The van der Waals surface area contributed by atoms with Gasteiger partial charge in [0.05, 0.1) is 25.7 Å². The van der Waals surface area contributed by atoms with E-state index in [0.29, 0.717) is 28.8 Å². The molecule has 1 aromatic rings. The summed E-state index contributed by atoms with van der Waals surface area (Å²) in [6.07, 6.45) is 0.0773. The second-order valence-electron chi connectivity index (χ2n) is 3.56. The summed E-state index contributed by atoms with van der Waals surface area (Å²) in [5.74, 6) is 0.136. The lowest BCUT2D eigenvalue weighted by Gasteiger charge is -2.10. The minimum Gasteiger partial charge on any atom is -0.495 e. The van der Waals surface area contributed by atoms with E-state index in [9.17, 15) is 4.79 Å². The van der Waals surface area contributed by atoms with E-state index in [0.717, 1.165) is 5.56 Å². The first-order chi connectivity index (χ1) is 8.65. The molecule has 0 amide bonds. The Hall–Kier alpha value is -1.54. The van der Waals surface area contributed by atoms with Crippen LogP contribution in [0.4, 0.5) is 0 Å². The van der Waals surface area contributed by atoms with Crippen molar-refractivity contribution in [3.8, 4) is 11.8 Å². The van der Waals surface area contributed by atoms with Gasteiger partial charge in [0.2, 0.25) is 0 Å². The summed E-state index contributed by atoms with van der Waals surface area (Å²) >= 11 is 3.34. The third-order valence-electron chi connectivity index (χ3n) is 2.37. The molecule has 0 spiro atoms. The van der Waals surface area contributed by atoms with Crippen molar-refractivity contribution in [2.75, 3.05) is 13.7 Å². The molecule has 0 bridgehead atoms. The summed E-state index contributed by atoms with van der Waals surface area (Å²) in [6, 6.07) is 5.66. The lowest BCUT2D eigenvalue weighted by Crippen LogP contribution is -2.09. The summed E-state index contributed by atoms with van der Waals surface area (Å²) < 4.78 is 10.1. The van der Waals surface area contributed by atoms with E-state index < -0.39 is 0 Å². The number of carbonyl (C=O) groups excluding carboxylic acids is 1. The normalized spacial score (nSPS) is 9.67. The van der Waals surface area contributed by atoms with Crippen LogP contribution in [0, 0.1) is 11.3 Å². The Morgan fingerprint density at radius 2 is 2.22 bits per heavy atom. The summed E-state index contributed by atoms with van der Waals surface area (Å²) in [6.45, 7) is 2.08. The number of rotatable bonds is 5. The first-order valence-electron chi connectivity index (χ1n) is 5.47. The maximum atomic E-state index is 11.5. The SMILES string of the molecule is CCOC(=O)Cc1cc(CBr)cc(OC)c1C#N. The molecule has 0 heterocycles. The van der Waals surface area contributed by atoms with E-state index in [4.69, 9.17) is 14.7 Å². The van der Waals surface area contributed by atoms with Gasteiger partial charge < -0.3 is 9.47 Å². The van der Waals surface area contributed by atoms with Crippen molar-refractivity contribution in [2.45, 2.75) is 18.7 Å².